The van der Waals surface area contributed by atoms with Gasteiger partial charge in [-0.2, -0.15) is 0 Å². The number of hydrogen-bond donors (Lipinski definition) is 7. The highest BCUT2D eigenvalue weighted by Crippen LogP contribution is 2.70. The molecule has 26 atom stereocenters. The third-order valence-electron chi connectivity index (χ3n) is 18.5. The minimum absolute atomic E-state index is 0.0293. The van der Waals surface area contributed by atoms with E-state index < -0.39 is 140 Å². The second kappa shape index (κ2) is 20.9. The van der Waals surface area contributed by atoms with Crippen LogP contribution in [0.3, 0.4) is 0 Å². The van der Waals surface area contributed by atoms with Crippen molar-refractivity contribution in [3.63, 3.8) is 0 Å². The van der Waals surface area contributed by atoms with Gasteiger partial charge in [0.05, 0.1) is 48.8 Å². The molecule has 0 aromatic rings. The number of carbonyl (C=O) groups excluding carboxylic acids is 3. The van der Waals surface area contributed by atoms with Crippen molar-refractivity contribution >= 4 is 18.4 Å². The molecule has 4 saturated heterocycles. The topological polar surface area (TPSA) is 294 Å². The number of rotatable bonds is 13. The Morgan fingerprint density at radius 3 is 2.07 bits per heavy atom. The molecule has 21 heteroatoms. The van der Waals surface area contributed by atoms with Crippen LogP contribution in [0.25, 0.3) is 0 Å². The molecule has 4 aliphatic carbocycles. The van der Waals surface area contributed by atoms with Gasteiger partial charge in [0.15, 0.2) is 25.2 Å². The van der Waals surface area contributed by atoms with Crippen LogP contribution in [0, 0.1) is 34.5 Å². The standard InChI is InChI=1S/C50H76O21/c1-22-41(55)31(66-25(4)53)15-39(64-22)71-46-24(3)65-37(17-33(46)68-38-16-32(42(56)23(2)63-38)69-47-45(59)44(58)43(57)35(19-51)70-47)67-28-9-11-48(5)27(14-28)7-8-30-29(48)10-12-49(6)40(26-13-36(54)61-20-26)34(62-21-52)18-50(30,49)60/h13,21-24,27-35,37-47,51,55-60H,7-12,14-20H2,1-6H3/t22-,23-,24-,27-,28+,29+,30-,31+,32+,33+,34+,35-,37-,38-,39-,40+,41-,42-,43-,44+,45-,46-,47-,48+,49-,50?/m1/s1. The van der Waals surface area contributed by atoms with Gasteiger partial charge in [0.1, 0.15) is 61.5 Å². The van der Waals surface area contributed by atoms with Gasteiger partial charge in [-0.1, -0.05) is 13.8 Å². The second-order valence-electron chi connectivity index (χ2n) is 22.5. The van der Waals surface area contributed by atoms with Gasteiger partial charge >= 0.3 is 11.9 Å². The van der Waals surface area contributed by atoms with Crippen LogP contribution in [0.5, 0.6) is 0 Å². The summed E-state index contributed by atoms with van der Waals surface area (Å²) in [5.41, 5.74) is -1.06. The molecule has 9 aliphatic rings. The molecule has 402 valence electrons. The van der Waals surface area contributed by atoms with Crippen molar-refractivity contribution in [3.05, 3.63) is 11.6 Å². The van der Waals surface area contributed by atoms with Crippen molar-refractivity contribution in [2.75, 3.05) is 13.2 Å². The molecule has 8 fully saturated rings. The van der Waals surface area contributed by atoms with E-state index in [0.717, 1.165) is 44.1 Å². The quantitative estimate of drug-likeness (QED) is 0.0581. The van der Waals surface area contributed by atoms with Crippen molar-refractivity contribution in [3.8, 4) is 0 Å². The van der Waals surface area contributed by atoms with Crippen molar-refractivity contribution in [2.24, 2.45) is 34.5 Å². The van der Waals surface area contributed by atoms with Gasteiger partial charge in [0, 0.05) is 50.0 Å². The zero-order chi connectivity index (χ0) is 50.9. The fourth-order valence-corrected chi connectivity index (χ4v) is 14.7. The second-order valence-corrected chi connectivity index (χ2v) is 22.5. The van der Waals surface area contributed by atoms with Crippen LogP contribution in [0.1, 0.15) is 112 Å². The van der Waals surface area contributed by atoms with E-state index in [1.165, 1.54) is 13.0 Å². The smallest absolute Gasteiger partial charge is 0.331 e. The molecule has 0 aromatic heterocycles. The van der Waals surface area contributed by atoms with E-state index in [1.807, 2.05) is 6.92 Å². The SMILES string of the molecule is CC(=O)O[C@H]1C[C@@H](O[C@H]2[C@@H](O[C@@H]3C[C@H](O[C@@H]4O[C@H](CO)[C@@H](O)[C@H](O)[C@H]4O)[C@H](O)[C@@H](C)O3)C[C@@H](O[C@H]3CC[C@@]4(C)[C@H](CC[C@@H]5[C@@H]4CC[C@]4(C)[C@@H](C6=CC(=O)OC6)[C@@H](OC=O)CC54O)C3)O[C@@H]2C)O[C@H](C)[C@H]1O. The van der Waals surface area contributed by atoms with E-state index in [2.05, 4.69) is 13.8 Å². The number of cyclic esters (lactones) is 1. The number of ether oxygens (including phenoxy) is 11. The Labute approximate surface area is 413 Å². The first-order valence-electron chi connectivity index (χ1n) is 25.8. The maximum Gasteiger partial charge on any atom is 0.331 e. The molecule has 71 heavy (non-hydrogen) atoms. The number of aliphatic hydroxyl groups is 7. The molecule has 0 radical (unpaired) electrons. The number of hydrogen-bond acceptors (Lipinski definition) is 21. The summed E-state index contributed by atoms with van der Waals surface area (Å²) in [6, 6.07) is 0. The average molecular weight is 1010 g/mol. The molecule has 9 rings (SSSR count). The molecule has 5 aliphatic heterocycles. The molecule has 7 N–H and O–H groups in total. The Morgan fingerprint density at radius 2 is 1.39 bits per heavy atom. The van der Waals surface area contributed by atoms with Crippen LogP contribution in [0.4, 0.5) is 0 Å². The van der Waals surface area contributed by atoms with Crippen LogP contribution >= 0.6 is 0 Å². The lowest BCUT2D eigenvalue weighted by Gasteiger charge is -2.63. The van der Waals surface area contributed by atoms with Crippen molar-refractivity contribution in [1.29, 1.82) is 0 Å². The summed E-state index contributed by atoms with van der Waals surface area (Å²) in [6.45, 7) is 10.7. The molecular weight excluding hydrogens is 937 g/mol. The molecule has 0 spiro atoms. The Bertz CT molecular complexity index is 1940. The number of aliphatic hydroxyl groups excluding tert-OH is 6. The minimum Gasteiger partial charge on any atom is -0.464 e. The third kappa shape index (κ3) is 9.98. The molecule has 5 heterocycles. The molecule has 0 bridgehead atoms. The van der Waals surface area contributed by atoms with Gasteiger partial charge in [0.25, 0.3) is 6.47 Å². The predicted octanol–water partition coefficient (Wildman–Crippen LogP) is 0.794. The van der Waals surface area contributed by atoms with Gasteiger partial charge in [-0.05, 0) is 94.5 Å². The molecular formula is C50H76O21. The average Bonchev–Trinajstić information content (AvgIpc) is 3.84. The fourth-order valence-electron chi connectivity index (χ4n) is 14.7. The first-order chi connectivity index (χ1) is 33.7. The lowest BCUT2D eigenvalue weighted by molar-refractivity contribution is -0.357. The van der Waals surface area contributed by atoms with Crippen LogP contribution in [0.15, 0.2) is 11.6 Å². The lowest BCUT2D eigenvalue weighted by Crippen LogP contribution is -2.62. The van der Waals surface area contributed by atoms with Gasteiger partial charge in [-0.15, -0.1) is 0 Å². The molecule has 1 unspecified atom stereocenters. The summed E-state index contributed by atoms with van der Waals surface area (Å²) in [5, 5.41) is 76.2. The first kappa shape index (κ1) is 53.4. The van der Waals surface area contributed by atoms with Crippen molar-refractivity contribution in [1.82, 2.24) is 0 Å². The lowest BCUT2D eigenvalue weighted by atomic mass is 9.43. The van der Waals surface area contributed by atoms with E-state index in [1.54, 1.807) is 13.8 Å². The molecule has 4 saturated carbocycles. The fraction of sp³-hybridized carbons (Fsp3) is 0.900. The van der Waals surface area contributed by atoms with Crippen molar-refractivity contribution in [2.45, 2.75) is 234 Å². The normalized spacial score (nSPS) is 52.0. The monoisotopic (exact) mass is 1010 g/mol. The molecule has 0 aromatic carbocycles. The first-order valence-corrected chi connectivity index (χ1v) is 25.8. The van der Waals surface area contributed by atoms with Crippen LogP contribution < -0.4 is 0 Å². The third-order valence-corrected chi connectivity index (χ3v) is 18.5. The summed E-state index contributed by atoms with van der Waals surface area (Å²) in [7, 11) is 0. The Hall–Kier alpha value is -2.45. The van der Waals surface area contributed by atoms with Crippen LogP contribution in [0.2, 0.25) is 0 Å². The predicted molar refractivity (Wildman–Crippen MR) is 240 cm³/mol. The Balaban J connectivity index is 0.893. The zero-order valence-corrected chi connectivity index (χ0v) is 41.5. The van der Waals surface area contributed by atoms with E-state index in [4.69, 9.17) is 52.1 Å². The van der Waals surface area contributed by atoms with Crippen molar-refractivity contribution < 1.29 is 102 Å². The zero-order valence-electron chi connectivity index (χ0n) is 41.5. The van der Waals surface area contributed by atoms with Gasteiger partial charge in [-0.3, -0.25) is 9.59 Å². The largest absolute Gasteiger partial charge is 0.464 e. The maximum absolute atomic E-state index is 12.9. The van der Waals surface area contributed by atoms with E-state index >= 15 is 0 Å². The molecule has 21 nitrogen and oxygen atoms in total. The minimum atomic E-state index is -1.70. The Morgan fingerprint density at radius 1 is 0.732 bits per heavy atom. The van der Waals surface area contributed by atoms with Gasteiger partial charge in [0.2, 0.25) is 0 Å². The highest BCUT2D eigenvalue weighted by atomic mass is 16.8. The molecule has 0 amide bonds. The summed E-state index contributed by atoms with van der Waals surface area (Å²) < 4.78 is 67.1. The number of esters is 2. The van der Waals surface area contributed by atoms with Crippen LogP contribution in [-0.2, 0) is 66.5 Å². The highest BCUT2D eigenvalue weighted by molar-refractivity contribution is 5.85. The highest BCUT2D eigenvalue weighted by Gasteiger charge is 2.71. The van der Waals surface area contributed by atoms with Gasteiger partial charge in [-0.25, -0.2) is 4.79 Å². The van der Waals surface area contributed by atoms with E-state index in [0.29, 0.717) is 19.3 Å². The summed E-state index contributed by atoms with van der Waals surface area (Å²) in [4.78, 5) is 36.0. The summed E-state index contributed by atoms with van der Waals surface area (Å²) in [6.07, 6.45) is -11.7. The van der Waals surface area contributed by atoms with E-state index in [9.17, 15) is 50.1 Å². The summed E-state index contributed by atoms with van der Waals surface area (Å²) >= 11 is 0. The maximum atomic E-state index is 12.9. The van der Waals surface area contributed by atoms with Crippen LogP contribution in [-0.4, -0.2) is 190 Å². The Kier molecular flexibility index (Phi) is 15.7. The van der Waals surface area contributed by atoms with E-state index in [-0.39, 0.29) is 61.1 Å². The summed E-state index contributed by atoms with van der Waals surface area (Å²) in [5.74, 6) is -0.837. The number of carbonyl (C=O) groups is 3. The number of fused-ring (bicyclic) bond motifs is 5. The van der Waals surface area contributed by atoms with Gasteiger partial charge < -0.3 is 87.9 Å².